The molecule has 0 aliphatic heterocycles. The standard InChI is InChI=1S/C49H85O14P/c1-3-5-7-8-9-10-11-12-13-14-15-16-17-18-19-22-26-29-33-37-43(52)62-41(39-61-64(58,59)63-49-47(56)45(54)44(53)46(55)48(49)57)38-60-42(51)36-32-28-25-23-20-21-24-27-31-35-40(50)34-30-6-4-2/h9-10,12-13,24,27,31,35,41,44-49,53-57H,3-8,11,14-23,25-26,28-30,32-34,36-39H2,1-2H3,(H,58,59)/b10-9-,13-12-,27-24-,35-31+/t41-,44?,45-,46+,47-,48-,49?/m1/s1. The number of hydrogen-bond acceptors (Lipinski definition) is 13. The van der Waals surface area contributed by atoms with Crippen molar-refractivity contribution in [2.24, 2.45) is 0 Å². The van der Waals surface area contributed by atoms with E-state index in [0.29, 0.717) is 19.3 Å². The topological polar surface area (TPSA) is 227 Å². The fourth-order valence-corrected chi connectivity index (χ4v) is 8.09. The lowest BCUT2D eigenvalue weighted by Gasteiger charge is -2.41. The van der Waals surface area contributed by atoms with Crippen molar-refractivity contribution >= 4 is 25.5 Å². The van der Waals surface area contributed by atoms with Crippen LogP contribution in [-0.4, -0.2) is 104 Å². The minimum atomic E-state index is -5.14. The van der Waals surface area contributed by atoms with Crippen molar-refractivity contribution in [3.63, 3.8) is 0 Å². The second kappa shape index (κ2) is 38.6. The molecule has 370 valence electrons. The first-order chi connectivity index (χ1) is 30.8. The second-order valence-corrected chi connectivity index (χ2v) is 18.4. The van der Waals surface area contributed by atoms with Gasteiger partial charge in [0.15, 0.2) is 11.9 Å². The van der Waals surface area contributed by atoms with Crippen LogP contribution in [0.5, 0.6) is 0 Å². The van der Waals surface area contributed by atoms with E-state index < -0.39 is 75.7 Å². The summed E-state index contributed by atoms with van der Waals surface area (Å²) in [6.07, 6.45) is 28.5. The molecule has 0 aromatic heterocycles. The molecule has 1 fully saturated rings. The van der Waals surface area contributed by atoms with Gasteiger partial charge >= 0.3 is 19.8 Å². The minimum Gasteiger partial charge on any atom is -0.462 e. The average molecular weight is 929 g/mol. The first-order valence-electron chi connectivity index (χ1n) is 24.4. The second-order valence-electron chi connectivity index (χ2n) is 17.0. The molecule has 6 N–H and O–H groups in total. The number of esters is 2. The predicted molar refractivity (Wildman–Crippen MR) is 249 cm³/mol. The minimum absolute atomic E-state index is 0.0732. The highest BCUT2D eigenvalue weighted by Gasteiger charge is 2.51. The molecule has 64 heavy (non-hydrogen) atoms. The third kappa shape index (κ3) is 30.6. The van der Waals surface area contributed by atoms with Crippen LogP contribution in [0.4, 0.5) is 0 Å². The molecular formula is C49H85O14P. The maximum Gasteiger partial charge on any atom is 0.472 e. The number of phosphoric acid groups is 1. The Hall–Kier alpha value is -2.52. The van der Waals surface area contributed by atoms with Gasteiger partial charge in [0.2, 0.25) is 0 Å². The molecule has 0 saturated heterocycles. The van der Waals surface area contributed by atoms with Gasteiger partial charge in [-0.05, 0) is 70.3 Å². The molecule has 14 nitrogen and oxygen atoms in total. The number of carbonyl (C=O) groups excluding carboxylic acids is 3. The molecule has 0 aromatic rings. The average Bonchev–Trinajstić information content (AvgIpc) is 3.27. The highest BCUT2D eigenvalue weighted by molar-refractivity contribution is 7.47. The SMILES string of the molecule is CCCCC/C=C\C/C=C\CCCCCCCCCCCC(=O)O[C@H](COC(=O)CCCCCCC/C=C\C=C\C(=O)CCCCC)COP(=O)(O)OC1[C@H](O)[C@H](O)C(O)[C@H](O)[C@H]1O. The number of phosphoric ester groups is 1. The van der Waals surface area contributed by atoms with Crippen molar-refractivity contribution in [1.29, 1.82) is 0 Å². The molecule has 0 spiro atoms. The summed E-state index contributed by atoms with van der Waals surface area (Å²) in [6.45, 7) is 3.10. The van der Waals surface area contributed by atoms with Gasteiger partial charge in [0, 0.05) is 19.3 Å². The van der Waals surface area contributed by atoms with E-state index in [1.165, 1.54) is 51.4 Å². The number of ether oxygens (including phenoxy) is 2. The number of rotatable bonds is 40. The van der Waals surface area contributed by atoms with Gasteiger partial charge in [-0.3, -0.25) is 23.4 Å². The molecule has 0 aromatic carbocycles. The molecule has 1 rings (SSSR count). The normalized spacial score (nSPS) is 21.9. The van der Waals surface area contributed by atoms with Crippen LogP contribution in [0, 0.1) is 0 Å². The van der Waals surface area contributed by atoms with Crippen LogP contribution in [0.3, 0.4) is 0 Å². The molecular weight excluding hydrogens is 843 g/mol. The van der Waals surface area contributed by atoms with Gasteiger partial charge < -0.3 is 39.9 Å². The van der Waals surface area contributed by atoms with Crippen LogP contribution >= 0.6 is 7.82 Å². The van der Waals surface area contributed by atoms with E-state index >= 15 is 0 Å². The van der Waals surface area contributed by atoms with Gasteiger partial charge in [-0.15, -0.1) is 0 Å². The van der Waals surface area contributed by atoms with Crippen molar-refractivity contribution in [2.45, 2.75) is 230 Å². The van der Waals surface area contributed by atoms with Crippen LogP contribution in [0.2, 0.25) is 0 Å². The maximum atomic E-state index is 12.8. The third-order valence-electron chi connectivity index (χ3n) is 11.1. The van der Waals surface area contributed by atoms with Crippen molar-refractivity contribution in [1.82, 2.24) is 0 Å². The number of carbonyl (C=O) groups is 3. The van der Waals surface area contributed by atoms with Gasteiger partial charge in [0.05, 0.1) is 6.61 Å². The fraction of sp³-hybridized carbons (Fsp3) is 0.776. The lowest BCUT2D eigenvalue weighted by Crippen LogP contribution is -2.64. The summed E-state index contributed by atoms with van der Waals surface area (Å²) in [6, 6.07) is 0. The lowest BCUT2D eigenvalue weighted by atomic mass is 9.85. The van der Waals surface area contributed by atoms with Crippen molar-refractivity contribution in [3.05, 3.63) is 48.6 Å². The van der Waals surface area contributed by atoms with E-state index in [1.807, 2.05) is 12.2 Å². The predicted octanol–water partition coefficient (Wildman–Crippen LogP) is 9.13. The van der Waals surface area contributed by atoms with Gasteiger partial charge in [-0.25, -0.2) is 4.57 Å². The Labute approximate surface area is 384 Å². The summed E-state index contributed by atoms with van der Waals surface area (Å²) in [5, 5.41) is 50.2. The summed E-state index contributed by atoms with van der Waals surface area (Å²) >= 11 is 0. The summed E-state index contributed by atoms with van der Waals surface area (Å²) in [7, 11) is -5.14. The number of aliphatic hydroxyl groups is 5. The molecule has 3 unspecified atom stereocenters. The van der Waals surface area contributed by atoms with Crippen LogP contribution in [0.15, 0.2) is 48.6 Å². The molecule has 8 atom stereocenters. The fourth-order valence-electron chi connectivity index (χ4n) is 7.12. The Balaban J connectivity index is 2.46. The first-order valence-corrected chi connectivity index (χ1v) is 25.9. The maximum absolute atomic E-state index is 12.8. The Morgan fingerprint density at radius 1 is 0.531 bits per heavy atom. The largest absolute Gasteiger partial charge is 0.472 e. The zero-order valence-electron chi connectivity index (χ0n) is 39.1. The van der Waals surface area contributed by atoms with Crippen molar-refractivity contribution in [3.8, 4) is 0 Å². The van der Waals surface area contributed by atoms with Crippen LogP contribution < -0.4 is 0 Å². The van der Waals surface area contributed by atoms with Crippen LogP contribution in [0.25, 0.3) is 0 Å². The van der Waals surface area contributed by atoms with E-state index in [9.17, 15) is 49.4 Å². The van der Waals surface area contributed by atoms with E-state index in [-0.39, 0.29) is 18.6 Å². The highest BCUT2D eigenvalue weighted by Crippen LogP contribution is 2.47. The smallest absolute Gasteiger partial charge is 0.462 e. The van der Waals surface area contributed by atoms with E-state index in [2.05, 4.69) is 38.2 Å². The van der Waals surface area contributed by atoms with Crippen LogP contribution in [-0.2, 0) is 37.5 Å². The molecule has 15 heteroatoms. The molecule has 0 heterocycles. The summed E-state index contributed by atoms with van der Waals surface area (Å²) in [4.78, 5) is 47.5. The Morgan fingerprint density at radius 2 is 0.984 bits per heavy atom. The first kappa shape index (κ1) is 59.5. The highest BCUT2D eigenvalue weighted by atomic mass is 31.2. The molecule has 0 radical (unpaired) electrons. The van der Waals surface area contributed by atoms with E-state index in [0.717, 1.165) is 89.9 Å². The number of hydrogen-bond donors (Lipinski definition) is 6. The molecule has 0 amide bonds. The molecule has 0 bridgehead atoms. The number of unbranched alkanes of at least 4 members (excludes halogenated alkanes) is 19. The monoisotopic (exact) mass is 929 g/mol. The van der Waals surface area contributed by atoms with Crippen LogP contribution in [0.1, 0.15) is 187 Å². The zero-order valence-corrected chi connectivity index (χ0v) is 40.0. The van der Waals surface area contributed by atoms with Crippen molar-refractivity contribution in [2.75, 3.05) is 13.2 Å². The Morgan fingerprint density at radius 3 is 1.55 bits per heavy atom. The summed E-state index contributed by atoms with van der Waals surface area (Å²) in [5.74, 6) is -1.02. The molecule has 1 saturated carbocycles. The van der Waals surface area contributed by atoms with Gasteiger partial charge in [-0.2, -0.15) is 0 Å². The summed E-state index contributed by atoms with van der Waals surface area (Å²) < 4.78 is 33.5. The van der Waals surface area contributed by atoms with Gasteiger partial charge in [0.1, 0.15) is 43.2 Å². The number of aliphatic hydroxyl groups excluding tert-OH is 5. The van der Waals surface area contributed by atoms with Crippen molar-refractivity contribution < 1.29 is 67.9 Å². The quantitative estimate of drug-likeness (QED) is 0.00842. The lowest BCUT2D eigenvalue weighted by molar-refractivity contribution is -0.220. The third-order valence-corrected chi connectivity index (χ3v) is 12.1. The van der Waals surface area contributed by atoms with Gasteiger partial charge in [-0.1, -0.05) is 146 Å². The number of ketones is 1. The summed E-state index contributed by atoms with van der Waals surface area (Å²) in [5.41, 5.74) is 0. The van der Waals surface area contributed by atoms with E-state index in [1.54, 1.807) is 12.2 Å². The molecule has 1 aliphatic carbocycles. The Bertz CT molecular complexity index is 1370. The Kier molecular flexibility index (Phi) is 35.9. The van der Waals surface area contributed by atoms with E-state index in [4.69, 9.17) is 18.5 Å². The number of allylic oxidation sites excluding steroid dienone is 8. The molecule has 1 aliphatic rings. The van der Waals surface area contributed by atoms with Gasteiger partial charge in [0.25, 0.3) is 0 Å². The zero-order chi connectivity index (χ0) is 47.3.